The Morgan fingerprint density at radius 2 is 2.36 bits per heavy atom. The Hall–Kier alpha value is -1.26. The molecule has 0 bridgehead atoms. The van der Waals surface area contributed by atoms with Crippen LogP contribution < -0.4 is 16.0 Å². The number of carbonyl (C=O) groups excluding carboxylic acids is 1. The van der Waals surface area contributed by atoms with Gasteiger partial charge in [-0.05, 0) is 18.2 Å². The Kier molecular flexibility index (Phi) is 4.22. The molecule has 1 amide bonds. The van der Waals surface area contributed by atoms with Crippen molar-refractivity contribution in [3.63, 3.8) is 0 Å². The van der Waals surface area contributed by atoms with Crippen molar-refractivity contribution in [2.45, 2.75) is 0 Å². The fraction of sp³-hybridized carbons (Fsp3) is 0.222. The molecule has 0 aromatic heterocycles. The van der Waals surface area contributed by atoms with Crippen molar-refractivity contribution in [1.82, 2.24) is 5.43 Å². The zero-order valence-electron chi connectivity index (χ0n) is 7.50. The van der Waals surface area contributed by atoms with E-state index >= 15 is 0 Å². The van der Waals surface area contributed by atoms with Crippen LogP contribution in [-0.4, -0.2) is 18.4 Å². The quantitative estimate of drug-likeness (QED) is 0.339. The van der Waals surface area contributed by atoms with E-state index in [1.807, 2.05) is 5.43 Å². The number of hydrazine groups is 1. The fourth-order valence-electron chi connectivity index (χ4n) is 0.967. The predicted octanol–water partition coefficient (Wildman–Crippen LogP) is 0.908. The highest BCUT2D eigenvalue weighted by Gasteiger charge is 2.03. The Labute approximate surface area is 87.0 Å². The summed E-state index contributed by atoms with van der Waals surface area (Å²) in [7, 11) is 0. The zero-order valence-corrected chi connectivity index (χ0v) is 8.25. The number of hydrogen-bond acceptors (Lipinski definition) is 3. The van der Waals surface area contributed by atoms with Crippen LogP contribution in [0.2, 0.25) is 0 Å². The Morgan fingerprint density at radius 3 is 3.00 bits per heavy atom. The summed E-state index contributed by atoms with van der Waals surface area (Å²) < 4.78 is 5.24. The number of alkyl halides is 1. The van der Waals surface area contributed by atoms with Crippen molar-refractivity contribution in [3.05, 3.63) is 29.8 Å². The highest BCUT2D eigenvalue weighted by Crippen LogP contribution is 2.12. The van der Waals surface area contributed by atoms with Gasteiger partial charge in [-0.3, -0.25) is 10.2 Å². The monoisotopic (exact) mass is 214 g/mol. The average Bonchev–Trinajstić information content (AvgIpc) is 2.25. The molecule has 0 atom stereocenters. The Balaban J connectivity index is 2.73. The first-order chi connectivity index (χ1) is 6.77. The third-order valence-electron chi connectivity index (χ3n) is 1.57. The van der Waals surface area contributed by atoms with Gasteiger partial charge >= 0.3 is 0 Å². The van der Waals surface area contributed by atoms with Gasteiger partial charge in [-0.25, -0.2) is 5.84 Å². The maximum absolute atomic E-state index is 11.1. The topological polar surface area (TPSA) is 64.3 Å². The summed E-state index contributed by atoms with van der Waals surface area (Å²) in [6.45, 7) is 0.412. The molecule has 14 heavy (non-hydrogen) atoms. The highest BCUT2D eigenvalue weighted by molar-refractivity contribution is 6.18. The van der Waals surface area contributed by atoms with Crippen molar-refractivity contribution in [1.29, 1.82) is 0 Å². The minimum Gasteiger partial charge on any atom is -0.492 e. The lowest BCUT2D eigenvalue weighted by Gasteiger charge is -2.05. The molecule has 0 saturated carbocycles. The summed E-state index contributed by atoms with van der Waals surface area (Å²) in [5, 5.41) is 0. The number of halogens is 1. The molecule has 5 heteroatoms. The summed E-state index contributed by atoms with van der Waals surface area (Å²) >= 11 is 5.46. The van der Waals surface area contributed by atoms with Crippen LogP contribution in [0.4, 0.5) is 0 Å². The smallest absolute Gasteiger partial charge is 0.265 e. The number of carbonyl (C=O) groups is 1. The van der Waals surface area contributed by atoms with Gasteiger partial charge in [-0.15, -0.1) is 11.6 Å². The second-order valence-electron chi connectivity index (χ2n) is 2.54. The maximum Gasteiger partial charge on any atom is 0.265 e. The van der Waals surface area contributed by atoms with E-state index in [0.717, 1.165) is 0 Å². The fourth-order valence-corrected chi connectivity index (χ4v) is 1.04. The Morgan fingerprint density at radius 1 is 1.57 bits per heavy atom. The largest absolute Gasteiger partial charge is 0.492 e. The van der Waals surface area contributed by atoms with Gasteiger partial charge < -0.3 is 4.74 Å². The first-order valence-corrected chi connectivity index (χ1v) is 4.61. The molecular formula is C9H11ClN2O2. The molecule has 1 aromatic rings. The number of nitrogens with two attached hydrogens (primary N) is 1. The summed E-state index contributed by atoms with van der Waals surface area (Å²) in [5.74, 6) is 5.66. The standard InChI is InChI=1S/C9H11ClN2O2/c10-4-5-14-8-3-1-2-7(6-8)9(13)12-11/h1-3,6H,4-5,11H2,(H,12,13). The Bertz CT molecular complexity index is 317. The van der Waals surface area contributed by atoms with Crippen molar-refractivity contribution in [2.24, 2.45) is 5.84 Å². The molecule has 0 fully saturated rings. The van der Waals surface area contributed by atoms with Crippen molar-refractivity contribution >= 4 is 17.5 Å². The predicted molar refractivity (Wildman–Crippen MR) is 54.3 cm³/mol. The second-order valence-corrected chi connectivity index (χ2v) is 2.92. The molecule has 0 saturated heterocycles. The van der Waals surface area contributed by atoms with E-state index < -0.39 is 0 Å². The van der Waals surface area contributed by atoms with E-state index in [0.29, 0.717) is 23.8 Å². The molecule has 0 aliphatic rings. The summed E-state index contributed by atoms with van der Waals surface area (Å²) in [5.41, 5.74) is 2.50. The third kappa shape index (κ3) is 2.90. The molecule has 1 aromatic carbocycles. The summed E-state index contributed by atoms with van der Waals surface area (Å²) in [6.07, 6.45) is 0. The summed E-state index contributed by atoms with van der Waals surface area (Å²) in [6, 6.07) is 6.72. The van der Waals surface area contributed by atoms with Gasteiger partial charge in [-0.1, -0.05) is 6.07 Å². The van der Waals surface area contributed by atoms with Crippen molar-refractivity contribution in [3.8, 4) is 5.75 Å². The van der Waals surface area contributed by atoms with E-state index in [-0.39, 0.29) is 5.91 Å². The average molecular weight is 215 g/mol. The number of hydrogen-bond donors (Lipinski definition) is 2. The van der Waals surface area contributed by atoms with E-state index in [1.54, 1.807) is 24.3 Å². The van der Waals surface area contributed by atoms with Gasteiger partial charge in [0.25, 0.3) is 5.91 Å². The normalized spacial score (nSPS) is 9.57. The van der Waals surface area contributed by atoms with Crippen LogP contribution in [0.15, 0.2) is 24.3 Å². The van der Waals surface area contributed by atoms with Gasteiger partial charge in [0, 0.05) is 5.56 Å². The van der Waals surface area contributed by atoms with E-state index in [2.05, 4.69) is 0 Å². The third-order valence-corrected chi connectivity index (χ3v) is 1.73. The van der Waals surface area contributed by atoms with E-state index in [1.165, 1.54) is 0 Å². The van der Waals surface area contributed by atoms with Crippen LogP contribution in [-0.2, 0) is 0 Å². The minimum absolute atomic E-state index is 0.346. The summed E-state index contributed by atoms with van der Waals surface area (Å²) in [4.78, 5) is 11.1. The molecule has 0 radical (unpaired) electrons. The van der Waals surface area contributed by atoms with Crippen molar-refractivity contribution in [2.75, 3.05) is 12.5 Å². The molecular weight excluding hydrogens is 204 g/mol. The number of amides is 1. The molecule has 76 valence electrons. The van der Waals surface area contributed by atoms with Gasteiger partial charge in [0.2, 0.25) is 0 Å². The van der Waals surface area contributed by atoms with Crippen LogP contribution in [0.1, 0.15) is 10.4 Å². The number of ether oxygens (including phenoxy) is 1. The van der Waals surface area contributed by atoms with Gasteiger partial charge in [0.1, 0.15) is 12.4 Å². The van der Waals surface area contributed by atoms with Gasteiger partial charge in [-0.2, -0.15) is 0 Å². The lowest BCUT2D eigenvalue weighted by Crippen LogP contribution is -2.29. The SMILES string of the molecule is NNC(=O)c1cccc(OCCCl)c1. The molecule has 3 N–H and O–H groups in total. The number of nitrogens with one attached hydrogen (secondary N) is 1. The maximum atomic E-state index is 11.1. The molecule has 0 aliphatic carbocycles. The lowest BCUT2D eigenvalue weighted by molar-refractivity contribution is 0.0953. The first-order valence-electron chi connectivity index (χ1n) is 4.07. The minimum atomic E-state index is -0.346. The van der Waals surface area contributed by atoms with Crippen LogP contribution >= 0.6 is 11.6 Å². The molecule has 1 rings (SSSR count). The zero-order chi connectivity index (χ0) is 10.4. The molecule has 0 aliphatic heterocycles. The van der Waals surface area contributed by atoms with Crippen LogP contribution in [0, 0.1) is 0 Å². The lowest BCUT2D eigenvalue weighted by atomic mass is 10.2. The molecule has 0 spiro atoms. The molecule has 0 heterocycles. The second kappa shape index (κ2) is 5.47. The van der Waals surface area contributed by atoms with Crippen LogP contribution in [0.25, 0.3) is 0 Å². The van der Waals surface area contributed by atoms with Crippen LogP contribution in [0.5, 0.6) is 5.75 Å². The van der Waals surface area contributed by atoms with Crippen molar-refractivity contribution < 1.29 is 9.53 Å². The highest BCUT2D eigenvalue weighted by atomic mass is 35.5. The number of nitrogen functional groups attached to an aromatic ring is 1. The molecule has 4 nitrogen and oxygen atoms in total. The van der Waals surface area contributed by atoms with Gasteiger partial charge in [0.05, 0.1) is 5.88 Å². The van der Waals surface area contributed by atoms with E-state index in [9.17, 15) is 4.79 Å². The van der Waals surface area contributed by atoms with E-state index in [4.69, 9.17) is 22.2 Å². The first kappa shape index (κ1) is 10.8. The number of rotatable bonds is 4. The van der Waals surface area contributed by atoms with Gasteiger partial charge in [0.15, 0.2) is 0 Å². The number of benzene rings is 1. The molecule has 0 unspecified atom stereocenters. The van der Waals surface area contributed by atoms with Crippen LogP contribution in [0.3, 0.4) is 0 Å².